The summed E-state index contributed by atoms with van der Waals surface area (Å²) in [6, 6.07) is 9.72. The maximum atomic E-state index is 12.2. The van der Waals surface area contributed by atoms with E-state index in [2.05, 4.69) is 0 Å². The van der Waals surface area contributed by atoms with Crippen molar-refractivity contribution in [3.8, 4) is 0 Å². The van der Waals surface area contributed by atoms with Crippen molar-refractivity contribution in [1.29, 1.82) is 0 Å². The molecule has 116 valence electrons. The summed E-state index contributed by atoms with van der Waals surface area (Å²) in [4.78, 5) is 12.2. The van der Waals surface area contributed by atoms with Gasteiger partial charge in [-0.25, -0.2) is 4.79 Å². The normalized spacial score (nSPS) is 12.6. The second-order valence-electron chi connectivity index (χ2n) is 6.47. The average Bonchev–Trinajstić information content (AvgIpc) is 2.41. The first-order valence-corrected chi connectivity index (χ1v) is 7.34. The summed E-state index contributed by atoms with van der Waals surface area (Å²) in [5.74, 6) is 0.00672. The van der Waals surface area contributed by atoms with Crippen LogP contribution in [0.1, 0.15) is 40.2 Å². The second-order valence-corrected chi connectivity index (χ2v) is 6.47. The zero-order valence-electron chi connectivity index (χ0n) is 13.7. The van der Waals surface area contributed by atoms with E-state index in [9.17, 15) is 4.79 Å². The molecule has 21 heavy (non-hydrogen) atoms. The minimum atomic E-state index is -0.309. The third kappa shape index (κ3) is 7.66. The predicted molar refractivity (Wildman–Crippen MR) is 85.9 cm³/mol. The maximum absolute atomic E-state index is 12.2. The molecule has 3 nitrogen and oxygen atoms in total. The average molecular weight is 290 g/mol. The molecule has 0 atom stereocenters. The zero-order chi connectivity index (χ0) is 15.9. The van der Waals surface area contributed by atoms with Crippen LogP contribution in [0.15, 0.2) is 35.9 Å². The van der Waals surface area contributed by atoms with Crippen LogP contribution in [-0.2, 0) is 14.3 Å². The molecule has 0 spiro atoms. The third-order valence-corrected chi connectivity index (χ3v) is 2.61. The van der Waals surface area contributed by atoms with Gasteiger partial charge in [-0.05, 0) is 38.3 Å². The Morgan fingerprint density at radius 3 is 2.33 bits per heavy atom. The van der Waals surface area contributed by atoms with Crippen molar-refractivity contribution in [2.45, 2.75) is 40.2 Å². The van der Waals surface area contributed by atoms with Gasteiger partial charge in [0, 0.05) is 0 Å². The van der Waals surface area contributed by atoms with E-state index in [1.807, 2.05) is 71.0 Å². The topological polar surface area (TPSA) is 35.5 Å². The minimum Gasteiger partial charge on any atom is -0.462 e. The Balaban J connectivity index is 2.84. The highest BCUT2D eigenvalue weighted by Gasteiger charge is 2.17. The van der Waals surface area contributed by atoms with Gasteiger partial charge in [0.2, 0.25) is 0 Å². The molecular weight excluding hydrogens is 264 g/mol. The molecule has 0 aliphatic heterocycles. The van der Waals surface area contributed by atoms with Crippen LogP contribution in [0.25, 0.3) is 6.08 Å². The number of carbonyl (C=O) groups is 1. The first-order chi connectivity index (χ1) is 9.78. The van der Waals surface area contributed by atoms with Crippen molar-refractivity contribution in [2.75, 3.05) is 13.2 Å². The quantitative estimate of drug-likeness (QED) is 0.585. The summed E-state index contributed by atoms with van der Waals surface area (Å²) in [5, 5.41) is 0. The zero-order valence-corrected chi connectivity index (χ0v) is 13.7. The van der Waals surface area contributed by atoms with Crippen LogP contribution in [0.4, 0.5) is 0 Å². The molecule has 0 aromatic heterocycles. The Bertz CT molecular complexity index is 467. The molecule has 0 aliphatic carbocycles. The Morgan fingerprint density at radius 2 is 1.81 bits per heavy atom. The second kappa shape index (κ2) is 7.99. The summed E-state index contributed by atoms with van der Waals surface area (Å²) in [6.07, 6.45) is 1.83. The molecule has 3 heteroatoms. The van der Waals surface area contributed by atoms with Gasteiger partial charge < -0.3 is 9.47 Å². The Hall–Kier alpha value is -1.61. The lowest BCUT2D eigenvalue weighted by molar-refractivity contribution is -0.141. The first kappa shape index (κ1) is 17.4. The number of carbonyl (C=O) groups excluding carboxylic acids is 1. The molecule has 0 aliphatic rings. The van der Waals surface area contributed by atoms with Gasteiger partial charge in [0.05, 0.1) is 24.4 Å². The lowest BCUT2D eigenvalue weighted by atomic mass is 10.1. The summed E-state index contributed by atoms with van der Waals surface area (Å²) in [6.45, 7) is 10.6. The number of ether oxygens (including phenoxy) is 2. The highest BCUT2D eigenvalue weighted by Crippen LogP contribution is 2.14. The number of esters is 1. The Morgan fingerprint density at radius 1 is 1.19 bits per heavy atom. The van der Waals surface area contributed by atoms with E-state index in [4.69, 9.17) is 9.47 Å². The number of benzene rings is 1. The highest BCUT2D eigenvalue weighted by atomic mass is 16.5. The van der Waals surface area contributed by atoms with Crippen molar-refractivity contribution in [3.05, 3.63) is 41.5 Å². The number of hydrogen-bond donors (Lipinski definition) is 0. The molecule has 1 aromatic rings. The van der Waals surface area contributed by atoms with E-state index < -0.39 is 0 Å². The molecule has 1 aromatic carbocycles. The van der Waals surface area contributed by atoms with Gasteiger partial charge in [0.1, 0.15) is 0 Å². The molecular formula is C18H26O3. The van der Waals surface area contributed by atoms with Gasteiger partial charge >= 0.3 is 5.97 Å². The Labute approximate surface area is 128 Å². The molecule has 0 bridgehead atoms. The fourth-order valence-electron chi connectivity index (χ4n) is 1.54. The van der Waals surface area contributed by atoms with Gasteiger partial charge in [-0.3, -0.25) is 0 Å². The highest BCUT2D eigenvalue weighted by molar-refractivity contribution is 5.94. The molecule has 0 unspecified atom stereocenters. The van der Waals surface area contributed by atoms with Crippen LogP contribution in [-0.4, -0.2) is 24.8 Å². The third-order valence-electron chi connectivity index (χ3n) is 2.61. The van der Waals surface area contributed by atoms with E-state index in [0.29, 0.717) is 18.1 Å². The summed E-state index contributed by atoms with van der Waals surface area (Å²) in [5.41, 5.74) is 1.21. The molecule has 1 rings (SSSR count). The summed E-state index contributed by atoms with van der Waals surface area (Å²) in [7, 11) is 0. The molecule has 0 heterocycles. The SMILES string of the molecule is CC(C)COC(=O)C(=Cc1ccccc1)COC(C)(C)C. The van der Waals surface area contributed by atoms with E-state index in [1.165, 1.54) is 0 Å². The number of rotatable bonds is 6. The van der Waals surface area contributed by atoms with Crippen LogP contribution >= 0.6 is 0 Å². The molecule has 0 fully saturated rings. The number of hydrogen-bond acceptors (Lipinski definition) is 3. The molecule has 0 saturated heterocycles. The van der Waals surface area contributed by atoms with E-state index in [0.717, 1.165) is 5.56 Å². The van der Waals surface area contributed by atoms with Crippen LogP contribution in [0.5, 0.6) is 0 Å². The maximum Gasteiger partial charge on any atom is 0.336 e. The van der Waals surface area contributed by atoms with E-state index in [-0.39, 0.29) is 18.2 Å². The van der Waals surface area contributed by atoms with Gasteiger partial charge in [-0.15, -0.1) is 0 Å². The van der Waals surface area contributed by atoms with Gasteiger partial charge in [-0.1, -0.05) is 44.2 Å². The minimum absolute atomic E-state index is 0.245. The largest absolute Gasteiger partial charge is 0.462 e. The standard InChI is InChI=1S/C18H26O3/c1-14(2)12-20-17(19)16(13-21-18(3,4)5)11-15-9-7-6-8-10-15/h6-11,14H,12-13H2,1-5H3. The lowest BCUT2D eigenvalue weighted by Gasteiger charge is -2.20. The summed E-state index contributed by atoms with van der Waals surface area (Å²) >= 11 is 0. The fourth-order valence-corrected chi connectivity index (χ4v) is 1.54. The van der Waals surface area contributed by atoms with Crippen LogP contribution in [0, 0.1) is 5.92 Å². The molecule has 0 amide bonds. The van der Waals surface area contributed by atoms with Crippen molar-refractivity contribution in [1.82, 2.24) is 0 Å². The van der Waals surface area contributed by atoms with Gasteiger partial charge in [0.15, 0.2) is 0 Å². The molecule has 0 N–H and O–H groups in total. The first-order valence-electron chi connectivity index (χ1n) is 7.34. The Kier molecular flexibility index (Phi) is 6.63. The fraction of sp³-hybridized carbons (Fsp3) is 0.500. The van der Waals surface area contributed by atoms with Crippen molar-refractivity contribution in [2.24, 2.45) is 5.92 Å². The van der Waals surface area contributed by atoms with Crippen molar-refractivity contribution < 1.29 is 14.3 Å². The van der Waals surface area contributed by atoms with Crippen molar-refractivity contribution >= 4 is 12.0 Å². The van der Waals surface area contributed by atoms with Crippen LogP contribution < -0.4 is 0 Å². The van der Waals surface area contributed by atoms with E-state index in [1.54, 1.807) is 0 Å². The smallest absolute Gasteiger partial charge is 0.336 e. The summed E-state index contributed by atoms with van der Waals surface area (Å²) < 4.78 is 11.0. The molecule has 0 saturated carbocycles. The van der Waals surface area contributed by atoms with Gasteiger partial charge in [0.25, 0.3) is 0 Å². The van der Waals surface area contributed by atoms with Gasteiger partial charge in [-0.2, -0.15) is 0 Å². The predicted octanol–water partition coefficient (Wildman–Crippen LogP) is 4.08. The van der Waals surface area contributed by atoms with E-state index >= 15 is 0 Å². The van der Waals surface area contributed by atoms with Crippen LogP contribution in [0.3, 0.4) is 0 Å². The molecule has 0 radical (unpaired) electrons. The monoisotopic (exact) mass is 290 g/mol. The lowest BCUT2D eigenvalue weighted by Crippen LogP contribution is -2.23. The van der Waals surface area contributed by atoms with Crippen LogP contribution in [0.2, 0.25) is 0 Å². The van der Waals surface area contributed by atoms with Crippen molar-refractivity contribution in [3.63, 3.8) is 0 Å².